The fourth-order valence-corrected chi connectivity index (χ4v) is 2.66. The lowest BCUT2D eigenvalue weighted by molar-refractivity contribution is -0.221. The Balaban J connectivity index is 1.88. The maximum absolute atomic E-state index is 12.0. The second-order valence-corrected chi connectivity index (χ2v) is 5.80. The molecular weight excluding hydrogens is 346 g/mol. The number of hydrogen-bond acceptors (Lipinski definition) is 8. The highest BCUT2D eigenvalue weighted by molar-refractivity contribution is 5.73. The molecule has 10 nitrogen and oxygen atoms in total. The van der Waals surface area contributed by atoms with Crippen molar-refractivity contribution < 1.29 is 30.0 Å². The predicted octanol–water partition coefficient (Wildman–Crippen LogP) is -1.26. The fourth-order valence-electron chi connectivity index (χ4n) is 2.66. The van der Waals surface area contributed by atoms with Gasteiger partial charge in [-0.15, -0.1) is 0 Å². The molecule has 10 heteroatoms. The van der Waals surface area contributed by atoms with Crippen LogP contribution >= 0.6 is 0 Å². The van der Waals surface area contributed by atoms with E-state index in [0.717, 1.165) is 5.56 Å². The van der Waals surface area contributed by atoms with E-state index in [2.05, 4.69) is 15.3 Å². The molecule has 138 valence electrons. The van der Waals surface area contributed by atoms with Crippen molar-refractivity contribution in [3.63, 3.8) is 0 Å². The molecular formula is C16H17N3O7. The number of carboxylic acids is 1. The number of aliphatic hydroxyl groups excluding tert-OH is 3. The van der Waals surface area contributed by atoms with Crippen LogP contribution in [0.3, 0.4) is 0 Å². The molecule has 3 heterocycles. The van der Waals surface area contributed by atoms with Crippen molar-refractivity contribution in [3.8, 4) is 11.1 Å². The minimum Gasteiger partial charge on any atom is -0.479 e. The Morgan fingerprint density at radius 1 is 1.12 bits per heavy atom. The standard InChI is InChI=1S/C16H17N3O7/c20-10-11(21)13(16(24)25)26-15(12(10)22)19-9-5-8(6-18-14(9)23)7-1-3-17-4-2-7/h1-6,10-13,15,19-22H,(H,18,23)(H,24,25)/t10-,11-,12+,13-,15+/m0/s1. The summed E-state index contributed by atoms with van der Waals surface area (Å²) in [6.45, 7) is 0. The zero-order valence-electron chi connectivity index (χ0n) is 13.3. The van der Waals surface area contributed by atoms with E-state index in [1.165, 1.54) is 12.3 Å². The number of aromatic nitrogens is 2. The molecule has 26 heavy (non-hydrogen) atoms. The Morgan fingerprint density at radius 2 is 1.81 bits per heavy atom. The molecule has 0 bridgehead atoms. The maximum atomic E-state index is 12.0. The normalized spacial score (nSPS) is 28.5. The average molecular weight is 363 g/mol. The van der Waals surface area contributed by atoms with Crippen LogP contribution in [0, 0.1) is 0 Å². The Labute approximate surface area is 146 Å². The Hall–Kier alpha value is -2.79. The fraction of sp³-hybridized carbons (Fsp3) is 0.312. The number of nitrogens with one attached hydrogen (secondary N) is 2. The summed E-state index contributed by atoms with van der Waals surface area (Å²) in [5, 5.41) is 41.2. The van der Waals surface area contributed by atoms with Crippen LogP contribution in [0.1, 0.15) is 0 Å². The quantitative estimate of drug-likeness (QED) is 0.389. The van der Waals surface area contributed by atoms with Gasteiger partial charge in [-0.3, -0.25) is 9.78 Å². The van der Waals surface area contributed by atoms with Gasteiger partial charge < -0.3 is 35.5 Å². The van der Waals surface area contributed by atoms with E-state index in [4.69, 9.17) is 9.84 Å². The smallest absolute Gasteiger partial charge is 0.335 e. The molecule has 3 rings (SSSR count). The monoisotopic (exact) mass is 363 g/mol. The number of rotatable bonds is 4. The van der Waals surface area contributed by atoms with E-state index < -0.39 is 42.2 Å². The summed E-state index contributed by atoms with van der Waals surface area (Å²) in [4.78, 5) is 29.6. The van der Waals surface area contributed by atoms with Gasteiger partial charge in [-0.25, -0.2) is 4.79 Å². The van der Waals surface area contributed by atoms with Gasteiger partial charge in [0, 0.05) is 24.2 Å². The molecule has 5 atom stereocenters. The van der Waals surface area contributed by atoms with E-state index in [1.807, 2.05) is 0 Å². The summed E-state index contributed by atoms with van der Waals surface area (Å²) in [5.74, 6) is -1.50. The zero-order chi connectivity index (χ0) is 18.8. The lowest BCUT2D eigenvalue weighted by Crippen LogP contribution is -2.61. The number of aliphatic hydroxyl groups is 3. The van der Waals surface area contributed by atoms with Crippen LogP contribution in [-0.4, -0.2) is 67.0 Å². The van der Waals surface area contributed by atoms with Crippen molar-refractivity contribution >= 4 is 11.7 Å². The molecule has 0 aromatic carbocycles. The second-order valence-electron chi connectivity index (χ2n) is 5.80. The van der Waals surface area contributed by atoms with Crippen molar-refractivity contribution in [3.05, 3.63) is 47.1 Å². The van der Waals surface area contributed by atoms with Gasteiger partial charge in [0.2, 0.25) is 0 Å². The van der Waals surface area contributed by atoms with E-state index in [9.17, 15) is 24.9 Å². The van der Waals surface area contributed by atoms with Gasteiger partial charge in [0.25, 0.3) is 5.56 Å². The number of H-pyrrole nitrogens is 1. The van der Waals surface area contributed by atoms with Crippen LogP contribution in [-0.2, 0) is 9.53 Å². The summed E-state index contributed by atoms with van der Waals surface area (Å²) in [6.07, 6.45) is -3.74. The summed E-state index contributed by atoms with van der Waals surface area (Å²) < 4.78 is 5.11. The molecule has 1 saturated heterocycles. The van der Waals surface area contributed by atoms with Crippen molar-refractivity contribution in [1.29, 1.82) is 0 Å². The SMILES string of the molecule is O=C(O)[C@H]1O[C@@H](Nc2cc(-c3ccncc3)c[nH]c2=O)[C@H](O)[C@@H](O)[C@@H]1O. The van der Waals surface area contributed by atoms with Crippen molar-refractivity contribution in [2.45, 2.75) is 30.6 Å². The van der Waals surface area contributed by atoms with Crippen LogP contribution in [0.15, 0.2) is 41.6 Å². The highest BCUT2D eigenvalue weighted by Gasteiger charge is 2.47. The first-order valence-electron chi connectivity index (χ1n) is 7.70. The van der Waals surface area contributed by atoms with Crippen LogP contribution in [0.2, 0.25) is 0 Å². The largest absolute Gasteiger partial charge is 0.479 e. The van der Waals surface area contributed by atoms with Gasteiger partial charge >= 0.3 is 5.97 Å². The molecule has 2 aromatic rings. The summed E-state index contributed by atoms with van der Waals surface area (Å²) >= 11 is 0. The van der Waals surface area contributed by atoms with Gasteiger partial charge in [-0.1, -0.05) is 0 Å². The minimum atomic E-state index is -1.80. The number of carbonyl (C=O) groups is 1. The van der Waals surface area contributed by atoms with E-state index in [-0.39, 0.29) is 5.69 Å². The first-order chi connectivity index (χ1) is 12.4. The Bertz CT molecular complexity index is 841. The molecule has 1 fully saturated rings. The number of carboxylic acid groups (broad SMARTS) is 1. The average Bonchev–Trinajstić information content (AvgIpc) is 2.64. The van der Waals surface area contributed by atoms with Crippen LogP contribution in [0.5, 0.6) is 0 Å². The summed E-state index contributed by atoms with van der Waals surface area (Å²) in [6, 6.07) is 4.94. The first-order valence-corrected chi connectivity index (χ1v) is 7.70. The molecule has 0 aliphatic carbocycles. The third-order valence-corrected chi connectivity index (χ3v) is 4.07. The number of ether oxygens (including phenoxy) is 1. The van der Waals surface area contributed by atoms with Gasteiger partial charge in [-0.2, -0.15) is 0 Å². The van der Waals surface area contributed by atoms with E-state index >= 15 is 0 Å². The molecule has 2 aromatic heterocycles. The van der Waals surface area contributed by atoms with Crippen molar-refractivity contribution in [2.24, 2.45) is 0 Å². The molecule has 0 unspecified atom stereocenters. The van der Waals surface area contributed by atoms with Gasteiger partial charge in [0.05, 0.1) is 0 Å². The number of aliphatic carboxylic acids is 1. The number of hydrogen-bond donors (Lipinski definition) is 6. The van der Waals surface area contributed by atoms with Crippen molar-refractivity contribution in [2.75, 3.05) is 5.32 Å². The van der Waals surface area contributed by atoms with E-state index in [1.54, 1.807) is 24.5 Å². The first kappa shape index (κ1) is 18.0. The van der Waals surface area contributed by atoms with Crippen molar-refractivity contribution in [1.82, 2.24) is 9.97 Å². The lowest BCUT2D eigenvalue weighted by Gasteiger charge is -2.39. The summed E-state index contributed by atoms with van der Waals surface area (Å²) in [7, 11) is 0. The minimum absolute atomic E-state index is 0.00362. The third-order valence-electron chi connectivity index (χ3n) is 4.07. The number of nitrogens with zero attached hydrogens (tertiary/aromatic N) is 1. The number of anilines is 1. The topological polar surface area (TPSA) is 165 Å². The van der Waals surface area contributed by atoms with Crippen LogP contribution in [0.4, 0.5) is 5.69 Å². The van der Waals surface area contributed by atoms with Crippen LogP contribution < -0.4 is 10.9 Å². The molecule has 0 spiro atoms. The highest BCUT2D eigenvalue weighted by atomic mass is 16.6. The van der Waals surface area contributed by atoms with Gasteiger partial charge in [0.15, 0.2) is 12.3 Å². The highest BCUT2D eigenvalue weighted by Crippen LogP contribution is 2.24. The van der Waals surface area contributed by atoms with Gasteiger partial charge in [0.1, 0.15) is 24.0 Å². The molecule has 1 aliphatic heterocycles. The molecule has 1 aliphatic rings. The Kier molecular flexibility index (Phi) is 5.00. The Morgan fingerprint density at radius 3 is 2.46 bits per heavy atom. The predicted molar refractivity (Wildman–Crippen MR) is 88.2 cm³/mol. The lowest BCUT2D eigenvalue weighted by atomic mass is 9.98. The number of aromatic amines is 1. The summed E-state index contributed by atoms with van der Waals surface area (Å²) in [5.41, 5.74) is 0.862. The van der Waals surface area contributed by atoms with E-state index in [0.29, 0.717) is 5.56 Å². The molecule has 0 radical (unpaired) electrons. The number of pyridine rings is 2. The zero-order valence-corrected chi connectivity index (χ0v) is 13.3. The van der Waals surface area contributed by atoms with Crippen LogP contribution in [0.25, 0.3) is 11.1 Å². The molecule has 6 N–H and O–H groups in total. The molecule has 0 amide bonds. The van der Waals surface area contributed by atoms with Gasteiger partial charge in [-0.05, 0) is 23.8 Å². The third kappa shape index (κ3) is 3.44. The second kappa shape index (κ2) is 7.22. The molecule has 0 saturated carbocycles. The maximum Gasteiger partial charge on any atom is 0.335 e.